The number of fused-ring (bicyclic) bond motifs is 1. The number of carbonyl (C=O) groups excluding carboxylic acids is 1. The van der Waals surface area contributed by atoms with Gasteiger partial charge in [0.05, 0.1) is 6.04 Å². The summed E-state index contributed by atoms with van der Waals surface area (Å²) in [5, 5.41) is 0. The van der Waals surface area contributed by atoms with Crippen molar-refractivity contribution in [1.82, 2.24) is 9.88 Å². The second kappa shape index (κ2) is 3.88. The quantitative estimate of drug-likeness (QED) is 0.754. The molecule has 0 spiro atoms. The van der Waals surface area contributed by atoms with Gasteiger partial charge in [0.2, 0.25) is 0 Å². The molecule has 0 radical (unpaired) electrons. The van der Waals surface area contributed by atoms with E-state index in [4.69, 9.17) is 5.73 Å². The third kappa shape index (κ3) is 1.79. The van der Waals surface area contributed by atoms with Crippen LogP contribution >= 0.6 is 0 Å². The molecule has 0 unspecified atom stereocenters. The predicted molar refractivity (Wildman–Crippen MR) is 57.3 cm³/mol. The van der Waals surface area contributed by atoms with Crippen molar-refractivity contribution in [2.45, 2.75) is 25.3 Å². The highest BCUT2D eigenvalue weighted by Gasteiger charge is 2.25. The number of hydrogen-bond donors (Lipinski definition) is 1. The number of carbonyl (C=O) groups is 1. The molecule has 1 aliphatic rings. The topological polar surface area (TPSA) is 59.2 Å². The van der Waals surface area contributed by atoms with Crippen LogP contribution in [0.5, 0.6) is 0 Å². The Bertz CT molecular complexity index is 378. The molecule has 2 amide bonds. The van der Waals surface area contributed by atoms with Gasteiger partial charge in [-0.05, 0) is 36.5 Å². The van der Waals surface area contributed by atoms with Gasteiger partial charge in [0, 0.05) is 19.4 Å². The number of aryl methyl sites for hydroxylation is 1. The van der Waals surface area contributed by atoms with Crippen molar-refractivity contribution in [2.24, 2.45) is 5.73 Å². The Labute approximate surface area is 89.1 Å². The van der Waals surface area contributed by atoms with E-state index >= 15 is 0 Å². The first-order valence-corrected chi connectivity index (χ1v) is 5.15. The Hall–Kier alpha value is -1.58. The number of hydrogen-bond acceptors (Lipinski definition) is 2. The number of primary amides is 1. The van der Waals surface area contributed by atoms with Crippen LogP contribution in [0.3, 0.4) is 0 Å². The van der Waals surface area contributed by atoms with E-state index in [0.29, 0.717) is 0 Å². The number of rotatable bonds is 1. The summed E-state index contributed by atoms with van der Waals surface area (Å²) in [6, 6.07) is 1.74. The van der Waals surface area contributed by atoms with Crippen LogP contribution in [-0.2, 0) is 6.42 Å². The number of nitrogens with zero attached hydrogens (tertiary/aromatic N) is 2. The summed E-state index contributed by atoms with van der Waals surface area (Å²) in [5.74, 6) is 0. The van der Waals surface area contributed by atoms with Gasteiger partial charge in [-0.3, -0.25) is 4.98 Å². The van der Waals surface area contributed by atoms with E-state index in [1.165, 1.54) is 5.56 Å². The largest absolute Gasteiger partial charge is 0.351 e. The van der Waals surface area contributed by atoms with Gasteiger partial charge >= 0.3 is 6.03 Å². The second-order valence-corrected chi connectivity index (χ2v) is 3.93. The van der Waals surface area contributed by atoms with Crippen LogP contribution < -0.4 is 5.73 Å². The van der Waals surface area contributed by atoms with Crippen molar-refractivity contribution in [1.29, 1.82) is 0 Å². The lowest BCUT2D eigenvalue weighted by Gasteiger charge is -2.31. The van der Waals surface area contributed by atoms with Crippen LogP contribution in [0.4, 0.5) is 4.79 Å². The molecule has 0 aliphatic heterocycles. The monoisotopic (exact) mass is 205 g/mol. The zero-order chi connectivity index (χ0) is 10.8. The standard InChI is InChI=1S/C11H15N3O/c1-14(11(12)15)10-4-2-3-8-5-6-13-7-9(8)10/h5-7,10H,2-4H2,1H3,(H2,12,15)/t10-/m0/s1. The van der Waals surface area contributed by atoms with E-state index in [1.807, 2.05) is 12.3 Å². The van der Waals surface area contributed by atoms with E-state index in [9.17, 15) is 4.79 Å². The number of urea groups is 1. The van der Waals surface area contributed by atoms with Crippen molar-refractivity contribution in [2.75, 3.05) is 7.05 Å². The highest BCUT2D eigenvalue weighted by atomic mass is 16.2. The van der Waals surface area contributed by atoms with E-state index in [0.717, 1.165) is 24.8 Å². The summed E-state index contributed by atoms with van der Waals surface area (Å²) in [5.41, 5.74) is 7.72. The van der Waals surface area contributed by atoms with Gasteiger partial charge in [0.1, 0.15) is 0 Å². The van der Waals surface area contributed by atoms with Gasteiger partial charge in [-0.25, -0.2) is 4.79 Å². The lowest BCUT2D eigenvalue weighted by molar-refractivity contribution is 0.193. The van der Waals surface area contributed by atoms with Crippen LogP contribution in [0.15, 0.2) is 18.5 Å². The summed E-state index contributed by atoms with van der Waals surface area (Å²) >= 11 is 0. The van der Waals surface area contributed by atoms with Crippen LogP contribution in [0.25, 0.3) is 0 Å². The maximum absolute atomic E-state index is 11.1. The lowest BCUT2D eigenvalue weighted by atomic mass is 9.88. The van der Waals surface area contributed by atoms with Gasteiger partial charge in [-0.2, -0.15) is 0 Å². The molecule has 0 aromatic carbocycles. The molecule has 80 valence electrons. The fraction of sp³-hybridized carbons (Fsp3) is 0.455. The smallest absolute Gasteiger partial charge is 0.315 e. The molecule has 0 bridgehead atoms. The number of pyridine rings is 1. The summed E-state index contributed by atoms with van der Waals surface area (Å²) in [6.45, 7) is 0. The Balaban J connectivity index is 2.33. The van der Waals surface area contributed by atoms with Crippen molar-refractivity contribution in [3.05, 3.63) is 29.6 Å². The highest BCUT2D eigenvalue weighted by molar-refractivity contribution is 5.72. The molecule has 0 saturated carbocycles. The Morgan fingerprint density at radius 2 is 2.47 bits per heavy atom. The zero-order valence-electron chi connectivity index (χ0n) is 8.81. The van der Waals surface area contributed by atoms with Crippen molar-refractivity contribution >= 4 is 6.03 Å². The first kappa shape index (κ1) is 9.96. The molecule has 4 nitrogen and oxygen atoms in total. The molecule has 1 aromatic rings. The molecule has 1 atom stereocenters. The molecule has 1 heterocycles. The van der Waals surface area contributed by atoms with Crippen LogP contribution in [-0.4, -0.2) is 23.0 Å². The first-order valence-electron chi connectivity index (χ1n) is 5.15. The predicted octanol–water partition coefficient (Wildman–Crippen LogP) is 1.47. The second-order valence-electron chi connectivity index (χ2n) is 3.93. The molecular weight excluding hydrogens is 190 g/mol. The molecule has 15 heavy (non-hydrogen) atoms. The average Bonchev–Trinajstić information content (AvgIpc) is 2.27. The molecule has 2 rings (SSSR count). The summed E-state index contributed by atoms with van der Waals surface area (Å²) in [7, 11) is 1.75. The lowest BCUT2D eigenvalue weighted by Crippen LogP contribution is -2.37. The minimum Gasteiger partial charge on any atom is -0.351 e. The van der Waals surface area contributed by atoms with E-state index in [-0.39, 0.29) is 12.1 Å². The van der Waals surface area contributed by atoms with Gasteiger partial charge in [0.25, 0.3) is 0 Å². The Kier molecular flexibility index (Phi) is 2.58. The van der Waals surface area contributed by atoms with Gasteiger partial charge in [-0.15, -0.1) is 0 Å². The van der Waals surface area contributed by atoms with Crippen LogP contribution in [0.1, 0.15) is 30.0 Å². The third-order valence-electron chi connectivity index (χ3n) is 3.04. The minimum absolute atomic E-state index is 0.0972. The molecule has 4 heteroatoms. The number of aromatic nitrogens is 1. The molecular formula is C11H15N3O. The summed E-state index contributed by atoms with van der Waals surface area (Å²) in [6.07, 6.45) is 6.78. The summed E-state index contributed by atoms with van der Waals surface area (Å²) in [4.78, 5) is 16.8. The molecule has 0 fully saturated rings. The van der Waals surface area contributed by atoms with Crippen molar-refractivity contribution in [3.63, 3.8) is 0 Å². The first-order chi connectivity index (χ1) is 7.20. The molecule has 1 aromatic heterocycles. The van der Waals surface area contributed by atoms with Gasteiger partial charge in [0.15, 0.2) is 0 Å². The molecule has 1 aliphatic carbocycles. The maximum atomic E-state index is 11.1. The maximum Gasteiger partial charge on any atom is 0.315 e. The van der Waals surface area contributed by atoms with E-state index in [1.54, 1.807) is 18.1 Å². The Morgan fingerprint density at radius 1 is 1.67 bits per heavy atom. The SMILES string of the molecule is CN(C(N)=O)[C@H]1CCCc2ccncc21. The zero-order valence-corrected chi connectivity index (χ0v) is 8.81. The van der Waals surface area contributed by atoms with E-state index in [2.05, 4.69) is 4.98 Å². The fourth-order valence-electron chi connectivity index (χ4n) is 2.16. The van der Waals surface area contributed by atoms with E-state index < -0.39 is 0 Å². The van der Waals surface area contributed by atoms with Gasteiger partial charge in [-0.1, -0.05) is 0 Å². The van der Waals surface area contributed by atoms with Crippen molar-refractivity contribution < 1.29 is 4.79 Å². The average molecular weight is 205 g/mol. The highest BCUT2D eigenvalue weighted by Crippen LogP contribution is 2.32. The van der Waals surface area contributed by atoms with Gasteiger partial charge < -0.3 is 10.6 Å². The van der Waals surface area contributed by atoms with Crippen LogP contribution in [0.2, 0.25) is 0 Å². The minimum atomic E-state index is -0.378. The fourth-order valence-corrected chi connectivity index (χ4v) is 2.16. The van der Waals surface area contributed by atoms with Crippen LogP contribution in [0, 0.1) is 0 Å². The molecule has 2 N–H and O–H groups in total. The third-order valence-corrected chi connectivity index (χ3v) is 3.04. The molecule has 0 saturated heterocycles. The number of nitrogens with two attached hydrogens (primary N) is 1. The normalized spacial score (nSPS) is 19.4. The Morgan fingerprint density at radius 3 is 3.20 bits per heavy atom. The van der Waals surface area contributed by atoms with Crippen molar-refractivity contribution in [3.8, 4) is 0 Å². The summed E-state index contributed by atoms with van der Waals surface area (Å²) < 4.78 is 0. The number of amides is 2.